The summed E-state index contributed by atoms with van der Waals surface area (Å²) >= 11 is -0.690. The first kappa shape index (κ1) is 12.7. The molecule has 0 aromatic heterocycles. The molecule has 0 nitrogen and oxygen atoms in total. The van der Waals surface area contributed by atoms with Crippen LogP contribution in [-0.4, -0.2) is 28.7 Å². The zero-order valence-electron chi connectivity index (χ0n) is 7.71. The Morgan fingerprint density at radius 2 is 1.00 bits per heavy atom. The predicted molar refractivity (Wildman–Crippen MR) is 51.3 cm³/mol. The summed E-state index contributed by atoms with van der Waals surface area (Å²) < 4.78 is 0. The molecule has 0 aromatic rings. The average Bonchev–Trinajstić information content (AvgIpc) is 1.65. The zero-order valence-corrected chi connectivity index (χ0v) is 11.9. The molecule has 0 atom stereocenters. The third-order valence-electron chi connectivity index (χ3n) is 0.707. The molecule has 0 aromatic carbocycles. The van der Waals surface area contributed by atoms with E-state index in [1.807, 2.05) is 0 Å². The second-order valence-electron chi connectivity index (χ2n) is 3.06. The van der Waals surface area contributed by atoms with Crippen molar-refractivity contribution in [3.8, 4) is 0 Å². The first-order chi connectivity index (χ1) is 4.00. The van der Waals surface area contributed by atoms with E-state index in [1.165, 1.54) is 5.25 Å². The first-order valence-electron chi connectivity index (χ1n) is 3.56. The molecule has 0 aliphatic rings. The van der Waals surface area contributed by atoms with Crippen LogP contribution in [0.5, 0.6) is 0 Å². The van der Waals surface area contributed by atoms with Crippen LogP contribution in [-0.2, 0) is 0 Å². The molecule has 2 radical (unpaired) electrons. The Morgan fingerprint density at radius 3 is 1.00 bits per heavy atom. The van der Waals surface area contributed by atoms with Crippen molar-refractivity contribution in [3.05, 3.63) is 0 Å². The van der Waals surface area contributed by atoms with Crippen LogP contribution in [0.25, 0.3) is 0 Å². The monoisotopic (exact) mass is 252 g/mol. The van der Waals surface area contributed by atoms with Gasteiger partial charge in [0.05, 0.1) is 0 Å². The van der Waals surface area contributed by atoms with Gasteiger partial charge in [0, 0.05) is 0 Å². The van der Waals surface area contributed by atoms with E-state index < -0.39 is 0 Å². The van der Waals surface area contributed by atoms with Gasteiger partial charge >= 0.3 is 69.7 Å². The van der Waals surface area contributed by atoms with Gasteiger partial charge in [-0.15, -0.1) is 0 Å². The minimum atomic E-state index is -0.356. The average molecular weight is 249 g/mol. The summed E-state index contributed by atoms with van der Waals surface area (Å²) in [7, 11) is 0. The Labute approximate surface area is 69.6 Å². The van der Waals surface area contributed by atoms with Gasteiger partial charge in [-0.05, 0) is 0 Å². The molecule has 0 heterocycles. The number of hydrogen-bond acceptors (Lipinski definition) is 0. The van der Waals surface area contributed by atoms with Crippen LogP contribution in [0, 0.1) is 0 Å². The van der Waals surface area contributed by atoms with Gasteiger partial charge in [0.15, 0.2) is 0 Å². The normalized spacial score (nSPS) is 9.33. The van der Waals surface area contributed by atoms with Crippen LogP contribution < -0.4 is 0 Å². The number of rotatable bonds is 1. The maximum absolute atomic E-state index is 2.39. The van der Waals surface area contributed by atoms with Crippen LogP contribution >= 0.6 is 0 Å². The van der Waals surface area contributed by atoms with Crippen molar-refractivity contribution in [2.45, 2.75) is 41.0 Å². The van der Waals surface area contributed by atoms with Crippen molar-refractivity contribution in [3.63, 3.8) is 0 Å². The fourth-order valence-corrected chi connectivity index (χ4v) is 0. The zero-order chi connectivity index (χ0) is 7.86. The van der Waals surface area contributed by atoms with Crippen molar-refractivity contribution in [2.24, 2.45) is 0 Å². The van der Waals surface area contributed by atoms with Gasteiger partial charge in [-0.25, -0.2) is 0 Å². The summed E-state index contributed by atoms with van der Waals surface area (Å²) in [4.78, 5) is 0. The van der Waals surface area contributed by atoms with E-state index in [0.717, 1.165) is 0 Å². The molecule has 0 spiro atoms. The van der Waals surface area contributed by atoms with E-state index in [2.05, 4.69) is 35.7 Å². The Hall–Kier alpha value is 1.09. The molecule has 0 aliphatic heterocycles. The van der Waals surface area contributed by atoms with Crippen LogP contribution in [0.4, 0.5) is 0 Å². The predicted octanol–water partition coefficient (Wildman–Crippen LogP) is 3.13. The summed E-state index contributed by atoms with van der Waals surface area (Å²) in [6.07, 6.45) is 0. The SMILES string of the molecule is C[CH2][Ge]([CH3])[CH3].[CH3][Ge]([CH3])[CH3]. The third kappa shape index (κ3) is 47.9. The summed E-state index contributed by atoms with van der Waals surface area (Å²) in [6, 6.07) is 0. The van der Waals surface area contributed by atoms with Crippen LogP contribution in [0.15, 0.2) is 0 Å². The Kier molecular flexibility index (Phi) is 12.9. The molecular formula is C7H20Ge2. The molecule has 0 bridgehead atoms. The van der Waals surface area contributed by atoms with E-state index in [9.17, 15) is 0 Å². The molecule has 0 rings (SSSR count). The molecule has 0 aliphatic carbocycles. The number of hydrogen-bond donors (Lipinski definition) is 0. The minimum absolute atomic E-state index is 0.333. The Balaban J connectivity index is 0. The third-order valence-corrected chi connectivity index (χ3v) is 3.67. The first-order valence-corrected chi connectivity index (χ1v) is 15.5. The van der Waals surface area contributed by atoms with E-state index >= 15 is 0 Å². The molecule has 0 saturated carbocycles. The molecule has 0 amide bonds. The van der Waals surface area contributed by atoms with Crippen molar-refractivity contribution >= 4 is 28.7 Å². The van der Waals surface area contributed by atoms with E-state index in [4.69, 9.17) is 0 Å². The molecule has 56 valence electrons. The molecule has 2 heteroatoms. The van der Waals surface area contributed by atoms with Gasteiger partial charge in [0.1, 0.15) is 0 Å². The quantitative estimate of drug-likeness (QED) is 0.626. The summed E-state index contributed by atoms with van der Waals surface area (Å²) in [6.45, 7) is 2.27. The van der Waals surface area contributed by atoms with E-state index in [1.54, 1.807) is 0 Å². The van der Waals surface area contributed by atoms with Crippen molar-refractivity contribution < 1.29 is 0 Å². The van der Waals surface area contributed by atoms with Crippen LogP contribution in [0.1, 0.15) is 6.92 Å². The second-order valence-corrected chi connectivity index (χ2v) is 15.9. The van der Waals surface area contributed by atoms with Gasteiger partial charge in [0.25, 0.3) is 0 Å². The van der Waals surface area contributed by atoms with Crippen molar-refractivity contribution in [1.29, 1.82) is 0 Å². The molecule has 0 N–H and O–H groups in total. The van der Waals surface area contributed by atoms with Crippen molar-refractivity contribution in [2.75, 3.05) is 0 Å². The standard InChI is InChI=1S/C4H11Ge.C3H9Ge/c1-4-5(2)3;1-4(2)3/h4H2,1-3H3;1-3H3. The molecule has 0 fully saturated rings. The summed E-state index contributed by atoms with van der Waals surface area (Å²) in [5, 5.41) is 1.47. The van der Waals surface area contributed by atoms with Gasteiger partial charge in [-0.2, -0.15) is 0 Å². The topological polar surface area (TPSA) is 0 Å². The van der Waals surface area contributed by atoms with Gasteiger partial charge < -0.3 is 0 Å². The fraction of sp³-hybridized carbons (Fsp3) is 1.00. The fourth-order valence-electron chi connectivity index (χ4n) is 0. The van der Waals surface area contributed by atoms with Gasteiger partial charge in [-0.1, -0.05) is 0 Å². The molecule has 9 heavy (non-hydrogen) atoms. The summed E-state index contributed by atoms with van der Waals surface area (Å²) in [5.41, 5.74) is 0. The second kappa shape index (κ2) is 9.09. The van der Waals surface area contributed by atoms with Gasteiger partial charge in [-0.3, -0.25) is 0 Å². The Morgan fingerprint density at radius 1 is 0.889 bits per heavy atom. The van der Waals surface area contributed by atoms with Crippen LogP contribution in [0.3, 0.4) is 0 Å². The molecule has 0 saturated heterocycles. The van der Waals surface area contributed by atoms with E-state index in [0.29, 0.717) is 0 Å². The van der Waals surface area contributed by atoms with Gasteiger partial charge in [0.2, 0.25) is 0 Å². The van der Waals surface area contributed by atoms with Crippen molar-refractivity contribution in [1.82, 2.24) is 0 Å². The maximum atomic E-state index is 2.39. The van der Waals surface area contributed by atoms with E-state index in [-0.39, 0.29) is 28.7 Å². The van der Waals surface area contributed by atoms with Crippen LogP contribution in [0.2, 0.25) is 34.0 Å². The Bertz CT molecular complexity index is 39.4. The molecular weight excluding hydrogens is 229 g/mol. The summed E-state index contributed by atoms with van der Waals surface area (Å²) in [5.74, 6) is 11.8. The molecule has 0 unspecified atom stereocenters.